The van der Waals surface area contributed by atoms with Crippen molar-refractivity contribution in [3.63, 3.8) is 0 Å². The first-order valence-electron chi connectivity index (χ1n) is 7.79. The first-order valence-corrected chi connectivity index (χ1v) is 8.59. The third kappa shape index (κ3) is 4.70. The number of pyridine rings is 1. The highest BCUT2D eigenvalue weighted by molar-refractivity contribution is 9.10. The SMILES string of the molecule is C[C@@H](NC(=O)c1ccc(COc2cccc(Br)c2)o1)c1ccncc1. The van der Waals surface area contributed by atoms with Crippen molar-refractivity contribution >= 4 is 21.8 Å². The van der Waals surface area contributed by atoms with Crippen molar-refractivity contribution in [3.8, 4) is 5.75 Å². The van der Waals surface area contributed by atoms with Gasteiger partial charge in [-0.05, 0) is 55.0 Å². The minimum Gasteiger partial charge on any atom is -0.486 e. The fourth-order valence-corrected chi connectivity index (χ4v) is 2.67. The van der Waals surface area contributed by atoms with E-state index in [1.165, 1.54) is 0 Å². The van der Waals surface area contributed by atoms with Crippen LogP contribution >= 0.6 is 15.9 Å². The lowest BCUT2D eigenvalue weighted by Crippen LogP contribution is -2.26. The summed E-state index contributed by atoms with van der Waals surface area (Å²) < 4.78 is 12.2. The number of aromatic nitrogens is 1. The molecule has 0 aliphatic rings. The number of nitrogens with one attached hydrogen (secondary N) is 1. The average molecular weight is 401 g/mol. The predicted octanol–water partition coefficient (Wildman–Crippen LogP) is 4.51. The van der Waals surface area contributed by atoms with E-state index < -0.39 is 0 Å². The third-order valence-electron chi connectivity index (χ3n) is 3.62. The Morgan fingerprint density at radius 1 is 1.24 bits per heavy atom. The summed E-state index contributed by atoms with van der Waals surface area (Å²) >= 11 is 3.39. The normalized spacial score (nSPS) is 11.8. The quantitative estimate of drug-likeness (QED) is 0.660. The molecule has 0 unspecified atom stereocenters. The molecule has 2 heterocycles. The van der Waals surface area contributed by atoms with E-state index in [2.05, 4.69) is 26.2 Å². The Hall–Kier alpha value is -2.60. The smallest absolute Gasteiger partial charge is 0.287 e. The Bertz CT molecular complexity index is 849. The second-order valence-electron chi connectivity index (χ2n) is 5.49. The maximum Gasteiger partial charge on any atom is 0.287 e. The first-order chi connectivity index (χ1) is 12.1. The predicted molar refractivity (Wildman–Crippen MR) is 97.3 cm³/mol. The number of carbonyl (C=O) groups is 1. The minimum atomic E-state index is -0.266. The topological polar surface area (TPSA) is 64.4 Å². The van der Waals surface area contributed by atoms with Crippen molar-refractivity contribution in [2.45, 2.75) is 19.6 Å². The van der Waals surface area contributed by atoms with Gasteiger partial charge in [-0.2, -0.15) is 0 Å². The Morgan fingerprint density at radius 2 is 2.04 bits per heavy atom. The molecule has 1 atom stereocenters. The number of furan rings is 1. The zero-order valence-electron chi connectivity index (χ0n) is 13.6. The molecular weight excluding hydrogens is 384 g/mol. The molecule has 1 amide bonds. The van der Waals surface area contributed by atoms with E-state index in [9.17, 15) is 4.79 Å². The molecule has 25 heavy (non-hydrogen) atoms. The molecular formula is C19H17BrN2O3. The molecule has 0 aliphatic carbocycles. The summed E-state index contributed by atoms with van der Waals surface area (Å²) in [5.41, 5.74) is 0.980. The molecule has 3 aromatic rings. The molecule has 128 valence electrons. The molecule has 0 radical (unpaired) electrons. The summed E-state index contributed by atoms with van der Waals surface area (Å²) in [5, 5.41) is 2.90. The van der Waals surface area contributed by atoms with Crippen LogP contribution in [0.25, 0.3) is 0 Å². The molecule has 0 aliphatic heterocycles. The minimum absolute atomic E-state index is 0.137. The van der Waals surface area contributed by atoms with Gasteiger partial charge in [-0.1, -0.05) is 22.0 Å². The molecule has 1 aromatic carbocycles. The molecule has 0 saturated heterocycles. The van der Waals surface area contributed by atoms with Crippen LogP contribution in [0.15, 0.2) is 69.8 Å². The third-order valence-corrected chi connectivity index (χ3v) is 4.11. The molecule has 6 heteroatoms. The molecule has 2 aromatic heterocycles. The average Bonchev–Trinajstić information content (AvgIpc) is 3.10. The Labute approximate surface area is 154 Å². The number of hydrogen-bond donors (Lipinski definition) is 1. The van der Waals surface area contributed by atoms with Crippen LogP contribution in [-0.2, 0) is 6.61 Å². The van der Waals surface area contributed by atoms with Gasteiger partial charge >= 0.3 is 0 Å². The second kappa shape index (κ2) is 7.98. The van der Waals surface area contributed by atoms with Crippen LogP contribution in [0.4, 0.5) is 0 Å². The molecule has 0 saturated carbocycles. The van der Waals surface area contributed by atoms with E-state index in [-0.39, 0.29) is 24.3 Å². The van der Waals surface area contributed by atoms with Crippen molar-refractivity contribution < 1.29 is 13.9 Å². The lowest BCUT2D eigenvalue weighted by molar-refractivity contribution is 0.0907. The van der Waals surface area contributed by atoms with Gasteiger partial charge in [0.25, 0.3) is 5.91 Å². The lowest BCUT2D eigenvalue weighted by atomic mass is 10.1. The first kappa shape index (κ1) is 17.2. The number of benzene rings is 1. The highest BCUT2D eigenvalue weighted by Crippen LogP contribution is 2.20. The zero-order chi connectivity index (χ0) is 17.6. The van der Waals surface area contributed by atoms with E-state index in [1.54, 1.807) is 24.5 Å². The van der Waals surface area contributed by atoms with E-state index in [4.69, 9.17) is 9.15 Å². The summed E-state index contributed by atoms with van der Waals surface area (Å²) in [6.07, 6.45) is 3.39. The van der Waals surface area contributed by atoms with Crippen LogP contribution in [0.1, 0.15) is 34.8 Å². The van der Waals surface area contributed by atoms with Gasteiger partial charge in [-0.25, -0.2) is 0 Å². The summed E-state index contributed by atoms with van der Waals surface area (Å²) in [4.78, 5) is 16.3. The highest BCUT2D eigenvalue weighted by Gasteiger charge is 2.15. The van der Waals surface area contributed by atoms with Crippen molar-refractivity contribution in [2.75, 3.05) is 0 Å². The van der Waals surface area contributed by atoms with Crippen LogP contribution in [0, 0.1) is 0 Å². The monoisotopic (exact) mass is 400 g/mol. The largest absolute Gasteiger partial charge is 0.486 e. The Balaban J connectivity index is 1.58. The molecule has 1 N–H and O–H groups in total. The zero-order valence-corrected chi connectivity index (χ0v) is 15.2. The summed E-state index contributed by atoms with van der Waals surface area (Å²) in [7, 11) is 0. The van der Waals surface area contributed by atoms with Crippen molar-refractivity contribution in [3.05, 3.63) is 82.5 Å². The maximum atomic E-state index is 12.3. The van der Waals surface area contributed by atoms with Crippen LogP contribution < -0.4 is 10.1 Å². The maximum absolute atomic E-state index is 12.3. The number of hydrogen-bond acceptors (Lipinski definition) is 4. The molecule has 3 rings (SSSR count). The molecule has 5 nitrogen and oxygen atoms in total. The molecule has 0 fully saturated rings. The van der Waals surface area contributed by atoms with E-state index in [1.807, 2.05) is 43.3 Å². The Kier molecular flexibility index (Phi) is 5.50. The fourth-order valence-electron chi connectivity index (χ4n) is 2.29. The van der Waals surface area contributed by atoms with Gasteiger partial charge in [-0.3, -0.25) is 9.78 Å². The van der Waals surface area contributed by atoms with Gasteiger partial charge in [0.15, 0.2) is 5.76 Å². The summed E-state index contributed by atoms with van der Waals surface area (Å²) in [6, 6.07) is 14.5. The van der Waals surface area contributed by atoms with E-state index >= 15 is 0 Å². The number of halogens is 1. The van der Waals surface area contributed by atoms with E-state index in [0.29, 0.717) is 5.76 Å². The van der Waals surface area contributed by atoms with Crippen molar-refractivity contribution in [2.24, 2.45) is 0 Å². The summed E-state index contributed by atoms with van der Waals surface area (Å²) in [5.74, 6) is 1.30. The number of amides is 1. The van der Waals surface area contributed by atoms with Crippen LogP contribution in [0.5, 0.6) is 5.75 Å². The number of rotatable bonds is 6. The highest BCUT2D eigenvalue weighted by atomic mass is 79.9. The van der Waals surface area contributed by atoms with Gasteiger partial charge in [-0.15, -0.1) is 0 Å². The van der Waals surface area contributed by atoms with Gasteiger partial charge in [0, 0.05) is 16.9 Å². The summed E-state index contributed by atoms with van der Waals surface area (Å²) in [6.45, 7) is 2.16. The van der Waals surface area contributed by atoms with Gasteiger partial charge in [0.05, 0.1) is 6.04 Å². The lowest BCUT2D eigenvalue weighted by Gasteiger charge is -2.12. The van der Waals surface area contributed by atoms with Crippen LogP contribution in [-0.4, -0.2) is 10.9 Å². The molecule has 0 bridgehead atoms. The van der Waals surface area contributed by atoms with Gasteiger partial charge in [0.2, 0.25) is 0 Å². The second-order valence-corrected chi connectivity index (χ2v) is 6.40. The van der Waals surface area contributed by atoms with Crippen molar-refractivity contribution in [1.29, 1.82) is 0 Å². The number of carbonyl (C=O) groups excluding carboxylic acids is 1. The van der Waals surface area contributed by atoms with Gasteiger partial charge in [0.1, 0.15) is 18.1 Å². The number of ether oxygens (including phenoxy) is 1. The standard InChI is InChI=1S/C19H17BrN2O3/c1-13(14-7-9-21-10-8-14)22-19(23)18-6-5-17(25-18)12-24-16-4-2-3-15(20)11-16/h2-11,13H,12H2,1H3,(H,22,23)/t13-/m1/s1. The number of nitrogens with zero attached hydrogens (tertiary/aromatic N) is 1. The van der Waals surface area contributed by atoms with Crippen LogP contribution in [0.2, 0.25) is 0 Å². The van der Waals surface area contributed by atoms with E-state index in [0.717, 1.165) is 15.8 Å². The fraction of sp³-hybridized carbons (Fsp3) is 0.158. The van der Waals surface area contributed by atoms with Crippen LogP contribution in [0.3, 0.4) is 0 Å². The molecule has 0 spiro atoms. The Morgan fingerprint density at radius 3 is 2.80 bits per heavy atom. The van der Waals surface area contributed by atoms with Gasteiger partial charge < -0.3 is 14.5 Å². The van der Waals surface area contributed by atoms with Crippen molar-refractivity contribution in [1.82, 2.24) is 10.3 Å².